The van der Waals surface area contributed by atoms with Crippen LogP contribution in [0.5, 0.6) is 0 Å². The van der Waals surface area contributed by atoms with Crippen LogP contribution < -0.4 is 0 Å². The summed E-state index contributed by atoms with van der Waals surface area (Å²) in [6, 6.07) is 0. The molecule has 1 fully saturated rings. The number of rotatable bonds is 10. The summed E-state index contributed by atoms with van der Waals surface area (Å²) in [6.07, 6.45) is 12.2. The zero-order chi connectivity index (χ0) is 18.9. The lowest BCUT2D eigenvalue weighted by molar-refractivity contribution is -0.409. The molecule has 0 radical (unpaired) electrons. The molecule has 144 valence electrons. The Hall–Kier alpha value is -1.13. The van der Waals surface area contributed by atoms with Crippen LogP contribution in [0.15, 0.2) is 23.8 Å². The first kappa shape index (κ1) is 21.9. The highest BCUT2D eigenvalue weighted by molar-refractivity contribution is 5.67. The van der Waals surface area contributed by atoms with Crippen LogP contribution in [0.3, 0.4) is 0 Å². The average molecular weight is 353 g/mol. The molecule has 1 aliphatic rings. The molecular formula is C21H36O4. The summed E-state index contributed by atoms with van der Waals surface area (Å²) in [6.45, 7) is 10.7. The van der Waals surface area contributed by atoms with Gasteiger partial charge in [-0.05, 0) is 50.9 Å². The van der Waals surface area contributed by atoms with Crippen LogP contribution in [0.1, 0.15) is 79.6 Å². The lowest BCUT2D eigenvalue weighted by Crippen LogP contribution is -2.44. The Morgan fingerprint density at radius 2 is 2.04 bits per heavy atom. The number of allylic oxidation sites excluding steroid dienone is 3. The first-order chi connectivity index (χ1) is 11.9. The van der Waals surface area contributed by atoms with E-state index in [0.717, 1.165) is 38.5 Å². The first-order valence-corrected chi connectivity index (χ1v) is 9.80. The van der Waals surface area contributed by atoms with Crippen LogP contribution in [0, 0.1) is 11.8 Å². The molecule has 0 spiro atoms. The first-order valence-electron chi connectivity index (χ1n) is 9.80. The van der Waals surface area contributed by atoms with Crippen LogP contribution in [-0.2, 0) is 14.6 Å². The highest BCUT2D eigenvalue weighted by Crippen LogP contribution is 2.39. The number of carboxylic acids is 1. The third-order valence-electron chi connectivity index (χ3n) is 5.23. The largest absolute Gasteiger partial charge is 0.481 e. The molecule has 0 aromatic heterocycles. The summed E-state index contributed by atoms with van der Waals surface area (Å²) in [5.41, 5.74) is 0.872. The average Bonchev–Trinajstić information content (AvgIpc) is 2.59. The van der Waals surface area contributed by atoms with Crippen LogP contribution in [0.2, 0.25) is 0 Å². The molecule has 0 bridgehead atoms. The van der Waals surface area contributed by atoms with Crippen molar-refractivity contribution in [3.05, 3.63) is 23.8 Å². The molecule has 0 aliphatic carbocycles. The van der Waals surface area contributed by atoms with Gasteiger partial charge in [-0.1, -0.05) is 57.9 Å². The van der Waals surface area contributed by atoms with Crippen molar-refractivity contribution in [1.29, 1.82) is 0 Å². The number of carbonyl (C=O) groups is 1. The normalized spacial score (nSPS) is 29.1. The zero-order valence-corrected chi connectivity index (χ0v) is 16.6. The highest BCUT2D eigenvalue weighted by atomic mass is 17.2. The van der Waals surface area contributed by atoms with Gasteiger partial charge >= 0.3 is 5.97 Å². The van der Waals surface area contributed by atoms with E-state index in [0.29, 0.717) is 5.92 Å². The molecule has 4 unspecified atom stereocenters. The molecule has 1 heterocycles. The van der Waals surface area contributed by atoms with Crippen molar-refractivity contribution in [3.63, 3.8) is 0 Å². The van der Waals surface area contributed by atoms with Gasteiger partial charge in [0.1, 0.15) is 11.7 Å². The third kappa shape index (κ3) is 6.95. The Bertz CT molecular complexity index is 469. The quantitative estimate of drug-likeness (QED) is 0.405. The van der Waals surface area contributed by atoms with Gasteiger partial charge in [-0.2, -0.15) is 0 Å². The van der Waals surface area contributed by atoms with Gasteiger partial charge in [0, 0.05) is 0 Å². The number of aliphatic carboxylic acids is 1. The summed E-state index contributed by atoms with van der Waals surface area (Å²) < 4.78 is 0. The van der Waals surface area contributed by atoms with E-state index >= 15 is 0 Å². The molecule has 4 heteroatoms. The van der Waals surface area contributed by atoms with Crippen LogP contribution >= 0.6 is 0 Å². The summed E-state index contributed by atoms with van der Waals surface area (Å²) in [5, 5.41) is 9.05. The predicted molar refractivity (Wildman–Crippen MR) is 101 cm³/mol. The summed E-state index contributed by atoms with van der Waals surface area (Å²) in [7, 11) is 0. The molecule has 1 aliphatic heterocycles. The van der Waals surface area contributed by atoms with E-state index < -0.39 is 11.6 Å². The standard InChI is InChI=1S/C21H36O4/c1-6-10-11-17(7-2)12-16(5)14-21(9-4)15-18(8-3)19(24-25-21)13-20(22)23/h10-11,14,17-19H,6-9,12-13,15H2,1-5H3,(H,22,23). The number of hydrogen-bond acceptors (Lipinski definition) is 3. The maximum Gasteiger partial charge on any atom is 0.306 e. The van der Waals surface area contributed by atoms with Gasteiger partial charge in [-0.15, -0.1) is 0 Å². The van der Waals surface area contributed by atoms with Crippen molar-refractivity contribution in [2.75, 3.05) is 0 Å². The minimum atomic E-state index is -0.837. The highest BCUT2D eigenvalue weighted by Gasteiger charge is 2.41. The fourth-order valence-electron chi connectivity index (χ4n) is 3.61. The second-order valence-electron chi connectivity index (χ2n) is 7.31. The summed E-state index contributed by atoms with van der Waals surface area (Å²) in [4.78, 5) is 22.4. The van der Waals surface area contributed by atoms with Crippen molar-refractivity contribution >= 4 is 5.97 Å². The van der Waals surface area contributed by atoms with Gasteiger partial charge in [0.25, 0.3) is 0 Å². The second kappa shape index (κ2) is 10.8. The molecule has 4 nitrogen and oxygen atoms in total. The molecule has 0 aromatic carbocycles. The van der Waals surface area contributed by atoms with E-state index in [9.17, 15) is 4.79 Å². The molecule has 0 aromatic rings. The Morgan fingerprint density at radius 1 is 1.32 bits per heavy atom. The van der Waals surface area contributed by atoms with Crippen LogP contribution in [0.4, 0.5) is 0 Å². The van der Waals surface area contributed by atoms with Crippen molar-refractivity contribution in [1.82, 2.24) is 0 Å². The topological polar surface area (TPSA) is 55.8 Å². The predicted octanol–water partition coefficient (Wildman–Crippen LogP) is 5.69. The maximum absolute atomic E-state index is 11.0. The van der Waals surface area contributed by atoms with E-state index in [4.69, 9.17) is 14.9 Å². The SMILES string of the molecule is CCC=CC(CC)CC(C)=CC1(CC)CC(CC)C(CC(=O)O)OO1. The third-order valence-corrected chi connectivity index (χ3v) is 5.23. The molecule has 0 amide bonds. The van der Waals surface area contributed by atoms with E-state index in [2.05, 4.69) is 52.8 Å². The maximum atomic E-state index is 11.0. The fraction of sp³-hybridized carbons (Fsp3) is 0.762. The van der Waals surface area contributed by atoms with Crippen molar-refractivity contribution in [2.24, 2.45) is 11.8 Å². The Balaban J connectivity index is 2.84. The van der Waals surface area contributed by atoms with Crippen LogP contribution in [-0.4, -0.2) is 22.8 Å². The minimum Gasteiger partial charge on any atom is -0.481 e. The van der Waals surface area contributed by atoms with Gasteiger partial charge in [0.05, 0.1) is 6.42 Å². The van der Waals surface area contributed by atoms with Gasteiger partial charge in [-0.3, -0.25) is 4.79 Å². The molecule has 4 atom stereocenters. The van der Waals surface area contributed by atoms with Crippen LogP contribution in [0.25, 0.3) is 0 Å². The van der Waals surface area contributed by atoms with E-state index in [-0.39, 0.29) is 18.4 Å². The molecule has 0 saturated carbocycles. The second-order valence-corrected chi connectivity index (χ2v) is 7.31. The smallest absolute Gasteiger partial charge is 0.306 e. The molecule has 1 N–H and O–H groups in total. The zero-order valence-electron chi connectivity index (χ0n) is 16.6. The van der Waals surface area contributed by atoms with E-state index in [1.807, 2.05) is 0 Å². The molecule has 1 rings (SSSR count). The van der Waals surface area contributed by atoms with Gasteiger partial charge in [-0.25, -0.2) is 9.78 Å². The Labute approximate surface area is 153 Å². The van der Waals surface area contributed by atoms with E-state index in [1.54, 1.807) is 0 Å². The lowest BCUT2D eigenvalue weighted by Gasteiger charge is -2.41. The number of hydrogen-bond donors (Lipinski definition) is 1. The fourth-order valence-corrected chi connectivity index (χ4v) is 3.61. The van der Waals surface area contributed by atoms with Gasteiger partial charge in [0.15, 0.2) is 0 Å². The molecule has 1 saturated heterocycles. The summed E-state index contributed by atoms with van der Waals surface area (Å²) in [5.74, 6) is -0.0802. The van der Waals surface area contributed by atoms with Crippen molar-refractivity contribution < 1.29 is 19.7 Å². The van der Waals surface area contributed by atoms with Crippen molar-refractivity contribution in [3.8, 4) is 0 Å². The number of carboxylic acid groups (broad SMARTS) is 1. The van der Waals surface area contributed by atoms with Gasteiger partial charge < -0.3 is 5.11 Å². The minimum absolute atomic E-state index is 0.000713. The van der Waals surface area contributed by atoms with Gasteiger partial charge in [0.2, 0.25) is 0 Å². The van der Waals surface area contributed by atoms with Crippen molar-refractivity contribution in [2.45, 2.75) is 91.3 Å². The Kier molecular flexibility index (Phi) is 9.44. The monoisotopic (exact) mass is 352 g/mol. The lowest BCUT2D eigenvalue weighted by atomic mass is 9.80. The molecule has 25 heavy (non-hydrogen) atoms. The van der Waals surface area contributed by atoms with E-state index in [1.165, 1.54) is 5.57 Å². The Morgan fingerprint density at radius 3 is 2.56 bits per heavy atom. The molecular weight excluding hydrogens is 316 g/mol. The summed E-state index contributed by atoms with van der Waals surface area (Å²) >= 11 is 0.